The Bertz CT molecular complexity index is 1150. The topological polar surface area (TPSA) is 70.6 Å². The number of carbonyl (C=O) groups is 2. The Labute approximate surface area is 167 Å². The number of rotatable bonds is 5. The molecule has 0 fully saturated rings. The number of benzene rings is 3. The molecule has 0 atom stereocenters. The molecule has 2 N–H and O–H groups in total. The minimum absolute atomic E-state index is 0.158. The molecule has 29 heavy (non-hydrogen) atoms. The first-order chi connectivity index (χ1) is 14.0. The van der Waals surface area contributed by atoms with Crippen LogP contribution >= 0.6 is 0 Å². The second-order valence-electron chi connectivity index (χ2n) is 7.08. The number of amides is 2. The molecule has 2 amide bonds. The third-order valence-corrected chi connectivity index (χ3v) is 5.07. The number of hydrogen-bond donors (Lipinski definition) is 2. The van der Waals surface area contributed by atoms with Gasteiger partial charge in [-0.25, -0.2) is 9.82 Å². The lowest BCUT2D eigenvalue weighted by Gasteiger charge is -2.08. The van der Waals surface area contributed by atoms with Crippen molar-refractivity contribution in [3.8, 4) is 0 Å². The third-order valence-electron chi connectivity index (χ3n) is 5.07. The molecule has 3 aromatic carbocycles. The average Bonchev–Trinajstić information content (AvgIpc) is 3.15. The molecule has 0 heterocycles. The number of hydrogen-bond acceptors (Lipinski definition) is 3. The minimum Gasteiger partial charge on any atom is -0.343 e. The van der Waals surface area contributed by atoms with E-state index in [9.17, 15) is 14.0 Å². The number of nitrogens with zero attached hydrogens (tertiary/aromatic N) is 1. The summed E-state index contributed by atoms with van der Waals surface area (Å²) in [5.41, 5.74) is 6.93. The molecule has 6 heteroatoms. The molecule has 1 aliphatic rings. The first-order valence-electron chi connectivity index (χ1n) is 9.43. The highest BCUT2D eigenvalue weighted by atomic mass is 19.1. The summed E-state index contributed by atoms with van der Waals surface area (Å²) < 4.78 is 13.2. The van der Waals surface area contributed by atoms with Crippen molar-refractivity contribution in [3.05, 3.63) is 82.7 Å². The monoisotopic (exact) mass is 389 g/mol. The number of carbonyl (C=O) groups excluding carboxylic acids is 2. The number of hydrazone groups is 1. The Hall–Kier alpha value is -3.54. The van der Waals surface area contributed by atoms with Gasteiger partial charge in [-0.2, -0.15) is 5.10 Å². The van der Waals surface area contributed by atoms with Crippen LogP contribution in [-0.4, -0.2) is 24.1 Å². The molecule has 0 saturated carbocycles. The van der Waals surface area contributed by atoms with E-state index in [1.807, 2.05) is 6.92 Å². The van der Waals surface area contributed by atoms with E-state index in [4.69, 9.17) is 0 Å². The number of aryl methyl sites for hydroxylation is 2. The van der Waals surface area contributed by atoms with Gasteiger partial charge in [-0.05, 0) is 77.6 Å². The molecule has 1 aliphatic carbocycles. The molecular formula is C23H20FN3O2. The van der Waals surface area contributed by atoms with Crippen molar-refractivity contribution in [1.82, 2.24) is 10.7 Å². The van der Waals surface area contributed by atoms with Crippen molar-refractivity contribution < 1.29 is 14.0 Å². The van der Waals surface area contributed by atoms with Crippen molar-refractivity contribution in [2.24, 2.45) is 5.10 Å². The van der Waals surface area contributed by atoms with E-state index in [1.165, 1.54) is 40.1 Å². The molecule has 0 bridgehead atoms. The van der Waals surface area contributed by atoms with Gasteiger partial charge in [0.2, 0.25) is 0 Å². The Balaban J connectivity index is 1.40. The van der Waals surface area contributed by atoms with Crippen LogP contribution in [0.2, 0.25) is 0 Å². The lowest BCUT2D eigenvalue weighted by Crippen LogP contribution is -2.35. The summed E-state index contributed by atoms with van der Waals surface area (Å²) in [6, 6.07) is 15.8. The molecule has 4 rings (SSSR count). The fraction of sp³-hybridized carbons (Fsp3) is 0.174. The summed E-state index contributed by atoms with van der Waals surface area (Å²) >= 11 is 0. The van der Waals surface area contributed by atoms with Gasteiger partial charge in [0.05, 0.1) is 12.3 Å². The molecule has 0 unspecified atom stereocenters. The summed E-state index contributed by atoms with van der Waals surface area (Å²) in [5.74, 6) is -1.48. The molecule has 0 spiro atoms. The Kier molecular flexibility index (Phi) is 5.08. The van der Waals surface area contributed by atoms with E-state index in [2.05, 4.69) is 46.2 Å². The average molecular weight is 389 g/mol. The quantitative estimate of drug-likeness (QED) is 0.519. The van der Waals surface area contributed by atoms with E-state index in [0.29, 0.717) is 5.71 Å². The predicted molar refractivity (Wildman–Crippen MR) is 110 cm³/mol. The number of nitrogens with one attached hydrogen (secondary N) is 2. The van der Waals surface area contributed by atoms with Crippen molar-refractivity contribution in [1.29, 1.82) is 0 Å². The normalized spacial score (nSPS) is 12.8. The van der Waals surface area contributed by atoms with Crippen LogP contribution in [0.5, 0.6) is 0 Å². The zero-order valence-corrected chi connectivity index (χ0v) is 16.0. The second kappa shape index (κ2) is 7.83. The lowest BCUT2D eigenvalue weighted by molar-refractivity contribution is -0.120. The van der Waals surface area contributed by atoms with Gasteiger partial charge < -0.3 is 5.32 Å². The van der Waals surface area contributed by atoms with Gasteiger partial charge in [-0.3, -0.25) is 9.59 Å². The van der Waals surface area contributed by atoms with Gasteiger partial charge >= 0.3 is 0 Å². The highest BCUT2D eigenvalue weighted by Gasteiger charge is 2.15. The summed E-state index contributed by atoms with van der Waals surface area (Å²) in [6.45, 7) is 1.58. The predicted octanol–water partition coefficient (Wildman–Crippen LogP) is 3.35. The summed E-state index contributed by atoms with van der Waals surface area (Å²) in [7, 11) is 0. The second-order valence-corrected chi connectivity index (χ2v) is 7.08. The fourth-order valence-corrected chi connectivity index (χ4v) is 3.63. The fourth-order valence-electron chi connectivity index (χ4n) is 3.63. The maximum atomic E-state index is 13.2. The highest BCUT2D eigenvalue weighted by Crippen LogP contribution is 2.31. The van der Waals surface area contributed by atoms with E-state index in [0.717, 1.165) is 24.5 Å². The molecule has 3 aromatic rings. The van der Waals surface area contributed by atoms with Gasteiger partial charge in [0.25, 0.3) is 11.8 Å². The summed E-state index contributed by atoms with van der Waals surface area (Å²) in [4.78, 5) is 24.0. The largest absolute Gasteiger partial charge is 0.343 e. The van der Waals surface area contributed by atoms with Gasteiger partial charge in [-0.1, -0.05) is 24.3 Å². The van der Waals surface area contributed by atoms with Crippen LogP contribution in [0.4, 0.5) is 4.39 Å². The number of halogens is 1. The van der Waals surface area contributed by atoms with Crippen LogP contribution in [-0.2, 0) is 17.6 Å². The maximum Gasteiger partial charge on any atom is 0.259 e. The molecule has 5 nitrogen and oxygen atoms in total. The van der Waals surface area contributed by atoms with E-state index < -0.39 is 17.6 Å². The van der Waals surface area contributed by atoms with Crippen molar-refractivity contribution in [2.75, 3.05) is 6.54 Å². The van der Waals surface area contributed by atoms with E-state index in [1.54, 1.807) is 0 Å². The van der Waals surface area contributed by atoms with Crippen LogP contribution < -0.4 is 10.7 Å². The zero-order chi connectivity index (χ0) is 20.4. The van der Waals surface area contributed by atoms with Gasteiger partial charge in [-0.15, -0.1) is 0 Å². The van der Waals surface area contributed by atoms with Crippen LogP contribution in [0, 0.1) is 5.82 Å². The molecule has 146 valence electrons. The van der Waals surface area contributed by atoms with Gasteiger partial charge in [0.1, 0.15) is 5.82 Å². The van der Waals surface area contributed by atoms with Crippen molar-refractivity contribution >= 4 is 28.3 Å². The maximum absolute atomic E-state index is 13.2. The minimum atomic E-state index is -0.520. The standard InChI is InChI=1S/C23H20FN3O2/c1-14(19-10-16-5-2-4-15-8-9-17(11-19)22(15)16)26-27-21(28)13-25-23(29)18-6-3-7-20(24)12-18/h2-7,10-12H,8-9,13H2,1H3,(H,25,29)(H,27,28)/b26-14+. The van der Waals surface area contributed by atoms with Gasteiger partial charge in [0, 0.05) is 5.56 Å². The molecule has 0 aromatic heterocycles. The zero-order valence-electron chi connectivity index (χ0n) is 16.0. The SMILES string of the molecule is C/C(=N\NC(=O)CNC(=O)c1cccc(F)c1)c1cc2c3c(cccc3c1)CC2. The smallest absolute Gasteiger partial charge is 0.259 e. The first-order valence-corrected chi connectivity index (χ1v) is 9.43. The Morgan fingerprint density at radius 2 is 1.79 bits per heavy atom. The summed E-state index contributed by atoms with van der Waals surface area (Å²) in [6.07, 6.45) is 2.06. The summed E-state index contributed by atoms with van der Waals surface area (Å²) in [5, 5.41) is 9.12. The molecule has 0 saturated heterocycles. The Morgan fingerprint density at radius 1 is 1.00 bits per heavy atom. The van der Waals surface area contributed by atoms with Gasteiger partial charge in [0.15, 0.2) is 0 Å². The Morgan fingerprint density at radius 3 is 2.62 bits per heavy atom. The lowest BCUT2D eigenvalue weighted by atomic mass is 10.00. The van der Waals surface area contributed by atoms with E-state index in [-0.39, 0.29) is 12.1 Å². The van der Waals surface area contributed by atoms with Crippen molar-refractivity contribution in [2.45, 2.75) is 19.8 Å². The van der Waals surface area contributed by atoms with Crippen LogP contribution in [0.3, 0.4) is 0 Å². The molecule has 0 radical (unpaired) electrons. The van der Waals surface area contributed by atoms with Crippen LogP contribution in [0.1, 0.15) is 34.0 Å². The first kappa shape index (κ1) is 18.8. The third kappa shape index (κ3) is 4.01. The highest BCUT2D eigenvalue weighted by molar-refractivity contribution is 6.04. The van der Waals surface area contributed by atoms with Crippen molar-refractivity contribution in [3.63, 3.8) is 0 Å². The van der Waals surface area contributed by atoms with Crippen LogP contribution in [0.15, 0.2) is 59.7 Å². The van der Waals surface area contributed by atoms with Crippen LogP contribution in [0.25, 0.3) is 10.8 Å². The molecular weight excluding hydrogens is 369 g/mol. The molecule has 0 aliphatic heterocycles. The van der Waals surface area contributed by atoms with E-state index >= 15 is 0 Å².